The Morgan fingerprint density at radius 2 is 1.84 bits per heavy atom. The van der Waals surface area contributed by atoms with E-state index in [1.807, 2.05) is 31.3 Å². The van der Waals surface area contributed by atoms with E-state index in [4.69, 9.17) is 17.3 Å². The van der Waals surface area contributed by atoms with Gasteiger partial charge >= 0.3 is 0 Å². The molecule has 1 aromatic rings. The molecule has 19 heavy (non-hydrogen) atoms. The van der Waals surface area contributed by atoms with E-state index in [1.165, 1.54) is 6.42 Å². The number of likely N-dealkylation sites (N-methyl/N-ethyl adjacent to an activating group) is 1. The number of benzene rings is 1. The van der Waals surface area contributed by atoms with Crippen LogP contribution >= 0.6 is 11.6 Å². The van der Waals surface area contributed by atoms with Crippen LogP contribution in [0.4, 0.5) is 0 Å². The van der Waals surface area contributed by atoms with E-state index >= 15 is 0 Å². The van der Waals surface area contributed by atoms with Crippen molar-refractivity contribution in [1.82, 2.24) is 4.90 Å². The summed E-state index contributed by atoms with van der Waals surface area (Å²) >= 11 is 5.85. The molecule has 1 aliphatic rings. The Bertz CT molecular complexity index is 438. The molecule has 0 unspecified atom stereocenters. The summed E-state index contributed by atoms with van der Waals surface area (Å²) in [5.41, 5.74) is 6.68. The standard InChI is InChI=1S/C15H21ClN2O/c1-18(11-12-5-7-13(16)8-6-12)14(19)15(17)9-3-2-4-10-15/h5-8H,2-4,9-11,17H2,1H3. The Labute approximate surface area is 119 Å². The van der Waals surface area contributed by atoms with Gasteiger partial charge in [0, 0.05) is 18.6 Å². The Morgan fingerprint density at radius 3 is 2.42 bits per heavy atom. The summed E-state index contributed by atoms with van der Waals surface area (Å²) in [6.45, 7) is 0.578. The van der Waals surface area contributed by atoms with E-state index in [1.54, 1.807) is 4.90 Å². The smallest absolute Gasteiger partial charge is 0.242 e. The maximum absolute atomic E-state index is 12.5. The van der Waals surface area contributed by atoms with Gasteiger partial charge in [0.05, 0.1) is 5.54 Å². The highest BCUT2D eigenvalue weighted by molar-refractivity contribution is 6.30. The van der Waals surface area contributed by atoms with E-state index in [9.17, 15) is 4.79 Å². The predicted molar refractivity (Wildman–Crippen MR) is 77.9 cm³/mol. The quantitative estimate of drug-likeness (QED) is 0.925. The van der Waals surface area contributed by atoms with E-state index in [2.05, 4.69) is 0 Å². The minimum atomic E-state index is -0.653. The van der Waals surface area contributed by atoms with Gasteiger partial charge in [-0.2, -0.15) is 0 Å². The molecule has 0 atom stereocenters. The molecule has 4 heteroatoms. The topological polar surface area (TPSA) is 46.3 Å². The van der Waals surface area contributed by atoms with Crippen LogP contribution in [0.15, 0.2) is 24.3 Å². The monoisotopic (exact) mass is 280 g/mol. The zero-order chi connectivity index (χ0) is 13.9. The molecule has 0 saturated heterocycles. The minimum absolute atomic E-state index is 0.0575. The molecular weight excluding hydrogens is 260 g/mol. The van der Waals surface area contributed by atoms with Crippen LogP contribution in [0.5, 0.6) is 0 Å². The molecule has 1 aromatic carbocycles. The van der Waals surface area contributed by atoms with Crippen molar-refractivity contribution in [2.45, 2.75) is 44.2 Å². The second-order valence-corrected chi connectivity index (χ2v) is 5.94. The highest BCUT2D eigenvalue weighted by Crippen LogP contribution is 2.27. The van der Waals surface area contributed by atoms with Crippen molar-refractivity contribution < 1.29 is 4.79 Å². The predicted octanol–water partition coefficient (Wildman–Crippen LogP) is 2.96. The van der Waals surface area contributed by atoms with Crippen LogP contribution in [0.1, 0.15) is 37.7 Å². The fourth-order valence-corrected chi connectivity index (χ4v) is 2.84. The summed E-state index contributed by atoms with van der Waals surface area (Å²) in [6.07, 6.45) is 4.90. The number of nitrogens with two attached hydrogens (primary N) is 1. The van der Waals surface area contributed by atoms with Crippen LogP contribution in [0.3, 0.4) is 0 Å². The normalized spacial score (nSPS) is 18.1. The Balaban J connectivity index is 2.00. The summed E-state index contributed by atoms with van der Waals surface area (Å²) in [5.74, 6) is 0.0575. The SMILES string of the molecule is CN(Cc1ccc(Cl)cc1)C(=O)C1(N)CCCCC1. The maximum atomic E-state index is 12.5. The lowest BCUT2D eigenvalue weighted by atomic mass is 9.81. The molecule has 0 bridgehead atoms. The molecule has 0 radical (unpaired) electrons. The Morgan fingerprint density at radius 1 is 1.26 bits per heavy atom. The van der Waals surface area contributed by atoms with Crippen LogP contribution in [0.25, 0.3) is 0 Å². The average molecular weight is 281 g/mol. The van der Waals surface area contributed by atoms with Gasteiger partial charge in [0.1, 0.15) is 0 Å². The van der Waals surface area contributed by atoms with Crippen molar-refractivity contribution in [1.29, 1.82) is 0 Å². The number of carbonyl (C=O) groups is 1. The number of hydrogen-bond acceptors (Lipinski definition) is 2. The number of amides is 1. The maximum Gasteiger partial charge on any atom is 0.242 e. The van der Waals surface area contributed by atoms with Gasteiger partial charge in [0.15, 0.2) is 0 Å². The molecule has 2 rings (SSSR count). The highest BCUT2D eigenvalue weighted by atomic mass is 35.5. The first-order valence-electron chi connectivity index (χ1n) is 6.80. The molecule has 0 aromatic heterocycles. The molecule has 0 spiro atoms. The summed E-state index contributed by atoms with van der Waals surface area (Å²) in [6, 6.07) is 7.56. The van der Waals surface area contributed by atoms with Gasteiger partial charge in [-0.1, -0.05) is 43.0 Å². The summed E-state index contributed by atoms with van der Waals surface area (Å²) in [4.78, 5) is 14.2. The fourth-order valence-electron chi connectivity index (χ4n) is 2.71. The van der Waals surface area contributed by atoms with Gasteiger partial charge < -0.3 is 10.6 Å². The molecule has 1 fully saturated rings. The first kappa shape index (κ1) is 14.4. The summed E-state index contributed by atoms with van der Waals surface area (Å²) in [7, 11) is 1.82. The van der Waals surface area contributed by atoms with Crippen LogP contribution < -0.4 is 5.73 Å². The summed E-state index contributed by atoms with van der Waals surface area (Å²) < 4.78 is 0. The van der Waals surface area contributed by atoms with Crippen LogP contribution in [0, 0.1) is 0 Å². The number of carbonyl (C=O) groups excluding carboxylic acids is 1. The first-order chi connectivity index (χ1) is 9.01. The lowest BCUT2D eigenvalue weighted by molar-refractivity contribution is -0.137. The van der Waals surface area contributed by atoms with E-state index < -0.39 is 5.54 Å². The van der Waals surface area contributed by atoms with Gasteiger partial charge in [0.25, 0.3) is 0 Å². The average Bonchev–Trinajstić information content (AvgIpc) is 2.41. The van der Waals surface area contributed by atoms with E-state index in [-0.39, 0.29) is 5.91 Å². The molecule has 2 N–H and O–H groups in total. The van der Waals surface area contributed by atoms with Crippen LogP contribution in [0.2, 0.25) is 5.02 Å². The molecule has 0 aliphatic heterocycles. The lowest BCUT2D eigenvalue weighted by Crippen LogP contribution is -2.55. The molecule has 104 valence electrons. The lowest BCUT2D eigenvalue weighted by Gasteiger charge is -2.35. The number of halogens is 1. The second kappa shape index (κ2) is 5.93. The van der Waals surface area contributed by atoms with Gasteiger partial charge in [-0.15, -0.1) is 0 Å². The zero-order valence-corrected chi connectivity index (χ0v) is 12.1. The number of rotatable bonds is 3. The summed E-state index contributed by atoms with van der Waals surface area (Å²) in [5, 5.41) is 0.709. The number of hydrogen-bond donors (Lipinski definition) is 1. The molecule has 1 aliphatic carbocycles. The third-order valence-electron chi connectivity index (χ3n) is 3.85. The van der Waals surface area contributed by atoms with Crippen LogP contribution in [-0.4, -0.2) is 23.4 Å². The number of nitrogens with zero attached hydrogens (tertiary/aromatic N) is 1. The fraction of sp³-hybridized carbons (Fsp3) is 0.533. The third kappa shape index (κ3) is 3.48. The third-order valence-corrected chi connectivity index (χ3v) is 4.10. The molecule has 0 heterocycles. The first-order valence-corrected chi connectivity index (χ1v) is 7.18. The van der Waals surface area contributed by atoms with Gasteiger partial charge in [0.2, 0.25) is 5.91 Å². The van der Waals surface area contributed by atoms with Gasteiger partial charge in [-0.25, -0.2) is 0 Å². The van der Waals surface area contributed by atoms with Crippen molar-refractivity contribution >= 4 is 17.5 Å². The van der Waals surface area contributed by atoms with E-state index in [0.29, 0.717) is 11.6 Å². The second-order valence-electron chi connectivity index (χ2n) is 5.50. The van der Waals surface area contributed by atoms with E-state index in [0.717, 1.165) is 31.2 Å². The molecular formula is C15H21ClN2O. The van der Waals surface area contributed by atoms with Crippen molar-refractivity contribution in [3.8, 4) is 0 Å². The zero-order valence-electron chi connectivity index (χ0n) is 11.4. The Kier molecular flexibility index (Phi) is 4.48. The van der Waals surface area contributed by atoms with Crippen molar-refractivity contribution in [2.75, 3.05) is 7.05 Å². The van der Waals surface area contributed by atoms with Crippen LogP contribution in [-0.2, 0) is 11.3 Å². The largest absolute Gasteiger partial charge is 0.340 e. The molecule has 1 saturated carbocycles. The molecule has 3 nitrogen and oxygen atoms in total. The van der Waals surface area contributed by atoms with Crippen molar-refractivity contribution in [2.24, 2.45) is 5.73 Å². The van der Waals surface area contributed by atoms with Gasteiger partial charge in [-0.3, -0.25) is 4.79 Å². The minimum Gasteiger partial charge on any atom is -0.340 e. The van der Waals surface area contributed by atoms with Crippen molar-refractivity contribution in [3.05, 3.63) is 34.9 Å². The van der Waals surface area contributed by atoms with Crippen molar-refractivity contribution in [3.63, 3.8) is 0 Å². The molecule has 1 amide bonds. The Hall–Kier alpha value is -1.06. The highest BCUT2D eigenvalue weighted by Gasteiger charge is 2.37. The van der Waals surface area contributed by atoms with Gasteiger partial charge in [-0.05, 0) is 30.5 Å².